The number of hydrogen-bond donors (Lipinski definition) is 2. The van der Waals surface area contributed by atoms with E-state index < -0.39 is 0 Å². The molecule has 0 aliphatic carbocycles. The minimum atomic E-state index is 0.232. The van der Waals surface area contributed by atoms with Gasteiger partial charge in [-0.15, -0.1) is 0 Å². The monoisotopic (exact) mass is 264 g/mol. The lowest BCUT2D eigenvalue weighted by molar-refractivity contribution is 0.555. The number of rotatable bonds is 9. The van der Waals surface area contributed by atoms with Gasteiger partial charge >= 0.3 is 0 Å². The number of nitrogens with two attached hydrogens (primary N) is 2. The van der Waals surface area contributed by atoms with E-state index in [2.05, 4.69) is 27.7 Å². The van der Waals surface area contributed by atoms with Gasteiger partial charge in [-0.05, 0) is 25.7 Å². The van der Waals surface area contributed by atoms with Crippen molar-refractivity contribution in [3.8, 4) is 0 Å². The Balaban J connectivity index is 4.48. The second-order valence-electron chi connectivity index (χ2n) is 4.36. The lowest BCUT2D eigenvalue weighted by Crippen LogP contribution is -2.36. The maximum absolute atomic E-state index is 5.92. The highest BCUT2D eigenvalue weighted by molar-refractivity contribution is 8.77. The summed E-state index contributed by atoms with van der Waals surface area (Å²) >= 11 is 0. The Hall–Kier alpha value is 0.620. The quantitative estimate of drug-likeness (QED) is 0.627. The molecule has 0 saturated heterocycles. The van der Waals surface area contributed by atoms with Crippen LogP contribution in [0.25, 0.3) is 0 Å². The van der Waals surface area contributed by atoms with E-state index in [1.165, 1.54) is 0 Å². The average molecular weight is 265 g/mol. The van der Waals surface area contributed by atoms with Gasteiger partial charge in [0.1, 0.15) is 0 Å². The van der Waals surface area contributed by atoms with Crippen molar-refractivity contribution in [1.29, 1.82) is 0 Å². The minimum Gasteiger partial charge on any atom is -0.329 e. The first-order valence-corrected chi connectivity index (χ1v) is 8.49. The molecule has 98 valence electrons. The van der Waals surface area contributed by atoms with Gasteiger partial charge in [-0.2, -0.15) is 0 Å². The van der Waals surface area contributed by atoms with Gasteiger partial charge < -0.3 is 11.5 Å². The molecule has 2 nitrogen and oxygen atoms in total. The zero-order chi connectivity index (χ0) is 12.7. The fourth-order valence-corrected chi connectivity index (χ4v) is 5.40. The van der Waals surface area contributed by atoms with Crippen molar-refractivity contribution in [2.75, 3.05) is 13.1 Å². The average Bonchev–Trinajstić information content (AvgIpc) is 2.37. The van der Waals surface area contributed by atoms with Gasteiger partial charge in [-0.3, -0.25) is 0 Å². The van der Waals surface area contributed by atoms with E-state index in [9.17, 15) is 0 Å². The maximum atomic E-state index is 5.92. The first-order valence-electron chi connectivity index (χ1n) is 6.34. The Bertz CT molecular complexity index is 141. The lowest BCUT2D eigenvalue weighted by atomic mass is 10.0. The molecular weight excluding hydrogens is 236 g/mol. The SMILES string of the molecule is CCC(CC)(CN)SSC(CC)(CC)CN. The molecule has 4 N–H and O–H groups in total. The van der Waals surface area contributed by atoms with E-state index in [1.807, 2.05) is 21.6 Å². The molecule has 0 bridgehead atoms. The molecule has 0 spiro atoms. The third-order valence-electron chi connectivity index (χ3n) is 3.72. The smallest absolute Gasteiger partial charge is 0.0380 e. The molecule has 0 atom stereocenters. The van der Waals surface area contributed by atoms with Crippen LogP contribution in [0, 0.1) is 0 Å². The maximum Gasteiger partial charge on any atom is 0.0380 e. The van der Waals surface area contributed by atoms with Crippen LogP contribution in [-0.4, -0.2) is 22.6 Å². The van der Waals surface area contributed by atoms with E-state index in [4.69, 9.17) is 11.5 Å². The van der Waals surface area contributed by atoms with Crippen LogP contribution in [0.3, 0.4) is 0 Å². The zero-order valence-corrected chi connectivity index (χ0v) is 12.8. The number of hydrogen-bond acceptors (Lipinski definition) is 4. The van der Waals surface area contributed by atoms with Crippen molar-refractivity contribution >= 4 is 21.6 Å². The first kappa shape index (κ1) is 16.6. The Labute approximate surface area is 109 Å². The van der Waals surface area contributed by atoms with Gasteiger partial charge in [0.15, 0.2) is 0 Å². The first-order chi connectivity index (χ1) is 7.57. The topological polar surface area (TPSA) is 52.0 Å². The van der Waals surface area contributed by atoms with Gasteiger partial charge in [0.25, 0.3) is 0 Å². The Kier molecular flexibility index (Phi) is 8.16. The fourth-order valence-electron chi connectivity index (χ4n) is 1.56. The normalized spacial score (nSPS) is 13.1. The van der Waals surface area contributed by atoms with Crippen LogP contribution >= 0.6 is 21.6 Å². The van der Waals surface area contributed by atoms with Gasteiger partial charge in [0.05, 0.1) is 0 Å². The highest BCUT2D eigenvalue weighted by Gasteiger charge is 2.32. The van der Waals surface area contributed by atoms with Crippen molar-refractivity contribution in [3.63, 3.8) is 0 Å². The molecule has 0 fully saturated rings. The highest BCUT2D eigenvalue weighted by Crippen LogP contribution is 2.48. The van der Waals surface area contributed by atoms with E-state index >= 15 is 0 Å². The molecule has 0 heterocycles. The molecule has 0 aliphatic rings. The molecule has 16 heavy (non-hydrogen) atoms. The summed E-state index contributed by atoms with van der Waals surface area (Å²) in [5.74, 6) is 0. The molecule has 0 aromatic rings. The fraction of sp³-hybridized carbons (Fsp3) is 1.00. The Morgan fingerprint density at radius 3 is 1.06 bits per heavy atom. The molecule has 0 rings (SSSR count). The summed E-state index contributed by atoms with van der Waals surface area (Å²) in [7, 11) is 3.92. The largest absolute Gasteiger partial charge is 0.329 e. The summed E-state index contributed by atoms with van der Waals surface area (Å²) in [6, 6.07) is 0. The standard InChI is InChI=1S/C12H28N2S2/c1-5-11(6-2,9-13)15-16-12(7-3,8-4)10-14/h5-10,13-14H2,1-4H3. The van der Waals surface area contributed by atoms with E-state index in [1.54, 1.807) is 0 Å². The van der Waals surface area contributed by atoms with Gasteiger partial charge in [-0.1, -0.05) is 49.3 Å². The minimum absolute atomic E-state index is 0.232. The molecule has 0 aromatic carbocycles. The van der Waals surface area contributed by atoms with Crippen LogP contribution in [0.4, 0.5) is 0 Å². The predicted molar refractivity (Wildman–Crippen MR) is 79.9 cm³/mol. The van der Waals surface area contributed by atoms with Crippen molar-refractivity contribution in [2.24, 2.45) is 11.5 Å². The van der Waals surface area contributed by atoms with Crippen LogP contribution in [0.2, 0.25) is 0 Å². The van der Waals surface area contributed by atoms with Gasteiger partial charge in [-0.25, -0.2) is 0 Å². The summed E-state index contributed by atoms with van der Waals surface area (Å²) < 4.78 is 0.463. The second-order valence-corrected chi connectivity index (χ2v) is 7.42. The lowest BCUT2D eigenvalue weighted by Gasteiger charge is -2.35. The van der Waals surface area contributed by atoms with Gasteiger partial charge in [0, 0.05) is 22.6 Å². The van der Waals surface area contributed by atoms with Crippen molar-refractivity contribution in [2.45, 2.75) is 62.9 Å². The van der Waals surface area contributed by atoms with E-state index in [0.717, 1.165) is 38.8 Å². The van der Waals surface area contributed by atoms with Crippen molar-refractivity contribution in [1.82, 2.24) is 0 Å². The summed E-state index contributed by atoms with van der Waals surface area (Å²) in [4.78, 5) is 0. The summed E-state index contributed by atoms with van der Waals surface area (Å²) in [6.45, 7) is 10.4. The van der Waals surface area contributed by atoms with Crippen LogP contribution in [-0.2, 0) is 0 Å². The Morgan fingerprint density at radius 1 is 0.688 bits per heavy atom. The van der Waals surface area contributed by atoms with Crippen LogP contribution < -0.4 is 11.5 Å². The van der Waals surface area contributed by atoms with Gasteiger partial charge in [0.2, 0.25) is 0 Å². The second kappa shape index (κ2) is 7.85. The zero-order valence-electron chi connectivity index (χ0n) is 11.2. The molecule has 0 saturated carbocycles. The molecule has 0 amide bonds. The molecule has 0 aromatic heterocycles. The Morgan fingerprint density at radius 2 is 0.938 bits per heavy atom. The summed E-state index contributed by atoms with van der Waals surface area (Å²) in [6.07, 6.45) is 4.52. The molecule has 0 radical (unpaired) electrons. The van der Waals surface area contributed by atoms with E-state index in [-0.39, 0.29) is 9.49 Å². The predicted octanol–water partition coefficient (Wildman–Crippen LogP) is 3.40. The third-order valence-corrected chi connectivity index (χ3v) is 8.37. The van der Waals surface area contributed by atoms with Crippen LogP contribution in [0.5, 0.6) is 0 Å². The van der Waals surface area contributed by atoms with E-state index in [0.29, 0.717) is 0 Å². The summed E-state index contributed by atoms with van der Waals surface area (Å²) in [5, 5.41) is 0. The molecular formula is C12H28N2S2. The van der Waals surface area contributed by atoms with Crippen molar-refractivity contribution < 1.29 is 0 Å². The molecule has 4 heteroatoms. The third kappa shape index (κ3) is 4.13. The molecule has 0 unspecified atom stereocenters. The van der Waals surface area contributed by atoms with Crippen LogP contribution in [0.15, 0.2) is 0 Å². The molecule has 0 aliphatic heterocycles. The highest BCUT2D eigenvalue weighted by atomic mass is 33.1. The van der Waals surface area contributed by atoms with Crippen LogP contribution in [0.1, 0.15) is 53.4 Å². The summed E-state index contributed by atoms with van der Waals surface area (Å²) in [5.41, 5.74) is 11.8. The van der Waals surface area contributed by atoms with Crippen molar-refractivity contribution in [3.05, 3.63) is 0 Å².